The molecule has 1 aromatic heterocycles. The Labute approximate surface area is 165 Å². The fraction of sp³-hybridized carbons (Fsp3) is 0.545. The third kappa shape index (κ3) is 3.46. The third-order valence-corrected chi connectivity index (χ3v) is 6.22. The van der Waals surface area contributed by atoms with Crippen molar-refractivity contribution in [3.05, 3.63) is 52.7 Å². The quantitative estimate of drug-likeness (QED) is 0.873. The molecule has 0 unspecified atom stereocenters. The first-order valence-electron chi connectivity index (χ1n) is 10.3. The summed E-state index contributed by atoms with van der Waals surface area (Å²) in [7, 11) is 0. The minimum atomic E-state index is -0.229. The van der Waals surface area contributed by atoms with Gasteiger partial charge in [0.25, 0.3) is 5.91 Å². The second kappa shape index (κ2) is 8.03. The van der Waals surface area contributed by atoms with Crippen LogP contribution in [0.2, 0.25) is 0 Å². The highest BCUT2D eigenvalue weighted by Gasteiger charge is 2.45. The first kappa shape index (κ1) is 19.1. The fourth-order valence-corrected chi connectivity index (χ4v) is 4.82. The van der Waals surface area contributed by atoms with E-state index in [9.17, 15) is 9.18 Å². The maximum absolute atomic E-state index is 13.9. The summed E-state index contributed by atoms with van der Waals surface area (Å²) in [6.07, 6.45) is 5.02. The molecular formula is C22H28FN3O2. The summed E-state index contributed by atoms with van der Waals surface area (Å²) in [5, 5.41) is 7.73. The van der Waals surface area contributed by atoms with Gasteiger partial charge in [-0.3, -0.25) is 4.79 Å². The van der Waals surface area contributed by atoms with Crippen LogP contribution in [0.5, 0.6) is 0 Å². The van der Waals surface area contributed by atoms with Gasteiger partial charge in [0.2, 0.25) is 0 Å². The molecule has 2 aromatic rings. The Balaban J connectivity index is 1.70. The lowest BCUT2D eigenvalue weighted by Crippen LogP contribution is -2.47. The summed E-state index contributed by atoms with van der Waals surface area (Å²) < 4.78 is 19.2. The summed E-state index contributed by atoms with van der Waals surface area (Å²) in [6.45, 7) is 5.29. The number of benzene rings is 1. The van der Waals surface area contributed by atoms with Gasteiger partial charge in [0.05, 0.1) is 5.69 Å². The molecule has 0 saturated carbocycles. The average molecular weight is 385 g/mol. The van der Waals surface area contributed by atoms with Gasteiger partial charge in [-0.25, -0.2) is 4.39 Å². The number of aryl methyl sites for hydroxylation is 2. The maximum atomic E-state index is 13.9. The summed E-state index contributed by atoms with van der Waals surface area (Å²) in [5.74, 6) is 0.416. The van der Waals surface area contributed by atoms with E-state index in [4.69, 9.17) is 4.52 Å². The molecule has 1 aromatic carbocycles. The standard InChI is InChI=1S/C22H28FN3O2/c1-3-18-20(14(2)28-25-18)22(27)26-13-17(15-8-7-9-16(23)12-15)21-19(26)10-5-4-6-11-24-21/h7-9,12,17,19,21,24H,3-6,10-11,13H2,1-2H3/t17-,19+,21-/m0/s1. The first-order chi connectivity index (χ1) is 13.6. The number of aromatic nitrogens is 1. The van der Waals surface area contributed by atoms with E-state index in [1.807, 2.05) is 17.9 Å². The Morgan fingerprint density at radius 1 is 1.36 bits per heavy atom. The van der Waals surface area contributed by atoms with Crippen molar-refractivity contribution in [2.45, 2.75) is 64.0 Å². The molecule has 150 valence electrons. The van der Waals surface area contributed by atoms with Gasteiger partial charge in [-0.1, -0.05) is 37.1 Å². The van der Waals surface area contributed by atoms with E-state index in [1.165, 1.54) is 6.07 Å². The van der Waals surface area contributed by atoms with E-state index < -0.39 is 0 Å². The lowest BCUT2D eigenvalue weighted by Gasteiger charge is -2.31. The number of likely N-dealkylation sites (tertiary alicyclic amines) is 1. The van der Waals surface area contributed by atoms with Crippen LogP contribution >= 0.6 is 0 Å². The summed E-state index contributed by atoms with van der Waals surface area (Å²) in [6, 6.07) is 7.04. The van der Waals surface area contributed by atoms with Crippen molar-refractivity contribution in [2.75, 3.05) is 13.1 Å². The molecule has 0 bridgehead atoms. The zero-order chi connectivity index (χ0) is 19.7. The predicted molar refractivity (Wildman–Crippen MR) is 105 cm³/mol. The van der Waals surface area contributed by atoms with E-state index in [0.717, 1.165) is 37.8 Å². The molecule has 2 aliphatic heterocycles. The molecule has 0 aliphatic carbocycles. The predicted octanol–water partition coefficient (Wildman–Crippen LogP) is 3.82. The molecule has 4 rings (SSSR count). The van der Waals surface area contributed by atoms with Crippen LogP contribution in [-0.2, 0) is 6.42 Å². The first-order valence-corrected chi connectivity index (χ1v) is 10.3. The van der Waals surface area contributed by atoms with Crippen LogP contribution in [0.15, 0.2) is 28.8 Å². The summed E-state index contributed by atoms with van der Waals surface area (Å²) >= 11 is 0. The second-order valence-electron chi connectivity index (χ2n) is 7.93. The Morgan fingerprint density at radius 2 is 2.21 bits per heavy atom. The molecule has 1 N–H and O–H groups in total. The van der Waals surface area contributed by atoms with Crippen molar-refractivity contribution in [1.29, 1.82) is 0 Å². The van der Waals surface area contributed by atoms with E-state index in [0.29, 0.717) is 30.0 Å². The van der Waals surface area contributed by atoms with E-state index >= 15 is 0 Å². The Hall–Kier alpha value is -2.21. The highest BCUT2D eigenvalue weighted by Crippen LogP contribution is 2.37. The van der Waals surface area contributed by atoms with Crippen LogP contribution in [0.25, 0.3) is 0 Å². The van der Waals surface area contributed by atoms with Gasteiger partial charge in [0, 0.05) is 24.5 Å². The number of fused-ring (bicyclic) bond motifs is 1. The Bertz CT molecular complexity index is 850. The van der Waals surface area contributed by atoms with Crippen molar-refractivity contribution in [3.8, 4) is 0 Å². The van der Waals surface area contributed by atoms with Crippen LogP contribution < -0.4 is 5.32 Å². The maximum Gasteiger partial charge on any atom is 0.259 e. The molecule has 2 fully saturated rings. The highest BCUT2D eigenvalue weighted by atomic mass is 19.1. The van der Waals surface area contributed by atoms with Crippen LogP contribution in [0.3, 0.4) is 0 Å². The van der Waals surface area contributed by atoms with Gasteiger partial charge in [-0.15, -0.1) is 0 Å². The number of rotatable bonds is 3. The Morgan fingerprint density at radius 3 is 3.00 bits per heavy atom. The number of carbonyl (C=O) groups is 1. The molecular weight excluding hydrogens is 357 g/mol. The van der Waals surface area contributed by atoms with Gasteiger partial charge in [0.15, 0.2) is 0 Å². The molecule has 0 spiro atoms. The zero-order valence-corrected chi connectivity index (χ0v) is 16.6. The lowest BCUT2D eigenvalue weighted by atomic mass is 9.88. The molecule has 2 saturated heterocycles. The fourth-order valence-electron chi connectivity index (χ4n) is 4.82. The number of carbonyl (C=O) groups excluding carboxylic acids is 1. The number of hydrogen-bond donors (Lipinski definition) is 1. The summed E-state index contributed by atoms with van der Waals surface area (Å²) in [5.41, 5.74) is 2.27. The average Bonchev–Trinajstić information content (AvgIpc) is 3.21. The number of nitrogens with zero attached hydrogens (tertiary/aromatic N) is 2. The van der Waals surface area contributed by atoms with Crippen LogP contribution in [-0.4, -0.2) is 41.1 Å². The molecule has 0 radical (unpaired) electrons. The molecule has 1 amide bonds. The van der Waals surface area contributed by atoms with Crippen molar-refractivity contribution in [1.82, 2.24) is 15.4 Å². The molecule has 6 heteroatoms. The topological polar surface area (TPSA) is 58.4 Å². The smallest absolute Gasteiger partial charge is 0.259 e. The van der Waals surface area contributed by atoms with Crippen LogP contribution in [0.1, 0.15) is 65.9 Å². The van der Waals surface area contributed by atoms with Gasteiger partial charge < -0.3 is 14.7 Å². The van der Waals surface area contributed by atoms with Crippen molar-refractivity contribution >= 4 is 5.91 Å². The monoisotopic (exact) mass is 385 g/mol. The van der Waals surface area contributed by atoms with Crippen molar-refractivity contribution in [2.24, 2.45) is 0 Å². The van der Waals surface area contributed by atoms with Crippen LogP contribution in [0.4, 0.5) is 4.39 Å². The van der Waals surface area contributed by atoms with Gasteiger partial charge >= 0.3 is 0 Å². The SMILES string of the molecule is CCc1noc(C)c1C(=O)N1C[C@@H](c2cccc(F)c2)[C@@H]2NCCCCC[C@H]21. The minimum Gasteiger partial charge on any atom is -0.361 e. The zero-order valence-electron chi connectivity index (χ0n) is 16.6. The van der Waals surface area contributed by atoms with E-state index in [2.05, 4.69) is 10.5 Å². The normalized spacial score (nSPS) is 25.2. The molecule has 28 heavy (non-hydrogen) atoms. The Kier molecular flexibility index (Phi) is 5.49. The van der Waals surface area contributed by atoms with Crippen LogP contribution in [0, 0.1) is 12.7 Å². The van der Waals surface area contributed by atoms with E-state index in [-0.39, 0.29) is 29.7 Å². The molecule has 5 nitrogen and oxygen atoms in total. The number of amides is 1. The molecule has 3 atom stereocenters. The highest BCUT2D eigenvalue weighted by molar-refractivity contribution is 5.96. The lowest BCUT2D eigenvalue weighted by molar-refractivity contribution is 0.0710. The molecule has 2 aliphatic rings. The molecule has 3 heterocycles. The van der Waals surface area contributed by atoms with Crippen molar-refractivity contribution in [3.63, 3.8) is 0 Å². The van der Waals surface area contributed by atoms with Crippen molar-refractivity contribution < 1.29 is 13.7 Å². The largest absolute Gasteiger partial charge is 0.361 e. The number of hydrogen-bond acceptors (Lipinski definition) is 4. The number of nitrogens with one attached hydrogen (secondary N) is 1. The van der Waals surface area contributed by atoms with Gasteiger partial charge in [-0.05, 0) is 50.4 Å². The number of halogens is 1. The second-order valence-corrected chi connectivity index (χ2v) is 7.93. The van der Waals surface area contributed by atoms with Gasteiger partial charge in [-0.2, -0.15) is 0 Å². The van der Waals surface area contributed by atoms with Gasteiger partial charge in [0.1, 0.15) is 17.1 Å². The van der Waals surface area contributed by atoms with E-state index in [1.54, 1.807) is 19.1 Å². The third-order valence-electron chi connectivity index (χ3n) is 6.22. The summed E-state index contributed by atoms with van der Waals surface area (Å²) in [4.78, 5) is 15.5. The minimum absolute atomic E-state index is 0.00752.